The number of hydrogen-bond acceptors (Lipinski definition) is 18. The molecule has 0 bridgehead atoms. The van der Waals surface area contributed by atoms with Crippen molar-refractivity contribution in [3.8, 4) is 11.5 Å². The zero-order chi connectivity index (χ0) is 78.3. The molecule has 0 spiro atoms. The minimum Gasteiger partial charge on any atom is -0.496 e. The molecule has 0 aromatic heterocycles. The van der Waals surface area contributed by atoms with Gasteiger partial charge in [0.15, 0.2) is 0 Å². The predicted octanol–water partition coefficient (Wildman–Crippen LogP) is 13.2. The summed E-state index contributed by atoms with van der Waals surface area (Å²) in [4.78, 5) is 110. The van der Waals surface area contributed by atoms with Crippen LogP contribution in [0.25, 0.3) is 22.3 Å². The fourth-order valence-electron chi connectivity index (χ4n) is 12.6. The molecule has 108 heavy (non-hydrogen) atoms. The number of nitrogens with two attached hydrogens (primary N) is 3. The lowest BCUT2D eigenvalue weighted by molar-refractivity contribution is -0.145. The normalized spacial score (nSPS) is 24.5. The van der Waals surface area contributed by atoms with Crippen LogP contribution in [0.4, 0.5) is 22.7 Å². The molecule has 0 aliphatic heterocycles. The highest BCUT2D eigenvalue weighted by Gasteiger charge is 2.52. The van der Waals surface area contributed by atoms with Gasteiger partial charge in [-0.1, -0.05) is 171 Å². The zero-order valence-electron chi connectivity index (χ0n) is 62.3. The zero-order valence-corrected chi connectivity index (χ0v) is 62.3. The van der Waals surface area contributed by atoms with Crippen LogP contribution in [0.1, 0.15) is 107 Å². The number of carbonyl (C=O) groups excluding carboxylic acids is 8. The van der Waals surface area contributed by atoms with Gasteiger partial charge in [0.2, 0.25) is 23.6 Å². The Labute approximate surface area is 630 Å². The van der Waals surface area contributed by atoms with Crippen LogP contribution >= 0.6 is 0 Å². The van der Waals surface area contributed by atoms with E-state index in [9.17, 15) is 43.8 Å². The summed E-state index contributed by atoms with van der Waals surface area (Å²) < 4.78 is 33.2. The van der Waals surface area contributed by atoms with Gasteiger partial charge in [0.25, 0.3) is 0 Å². The largest absolute Gasteiger partial charge is 0.496 e. The maximum Gasteiger partial charge on any atom is 0.310 e. The van der Waals surface area contributed by atoms with Crippen LogP contribution in [0, 0.1) is 52.8 Å². The molecule has 0 saturated heterocycles. The summed E-state index contributed by atoms with van der Waals surface area (Å²) in [5, 5.41) is 22.3. The number of benzene rings is 4. The van der Waals surface area contributed by atoms with E-state index in [0.29, 0.717) is 28.2 Å². The lowest BCUT2D eigenvalue weighted by Gasteiger charge is -2.26. The Morgan fingerprint density at radius 1 is 0.463 bits per heavy atom. The summed E-state index contributed by atoms with van der Waals surface area (Å²) >= 11 is 0. The van der Waals surface area contributed by atoms with Gasteiger partial charge in [-0.05, 0) is 131 Å². The van der Waals surface area contributed by atoms with Crippen LogP contribution in [-0.2, 0) is 68.1 Å². The van der Waals surface area contributed by atoms with E-state index in [2.05, 4.69) is 107 Å². The molecule has 11 N–H and O–H groups in total. The first-order valence-electron chi connectivity index (χ1n) is 35.7. The molecular weight excluding hydrogens is 1370 g/mol. The molecule has 4 aromatic carbocycles. The molecule has 8 atom stereocenters. The molecule has 9 rings (SSSR count). The van der Waals surface area contributed by atoms with Crippen LogP contribution in [0.5, 0.6) is 11.5 Å². The number of rotatable bonds is 26. The molecule has 4 saturated carbocycles. The third-order valence-electron chi connectivity index (χ3n) is 18.9. The van der Waals surface area contributed by atoms with E-state index < -0.39 is 94.8 Å². The quantitative estimate of drug-likeness (QED) is 0.0164. The van der Waals surface area contributed by atoms with Gasteiger partial charge in [0.05, 0.1) is 95.6 Å². The molecule has 5 aliphatic rings. The minimum absolute atomic E-state index is 0.0264. The maximum absolute atomic E-state index is 14.4. The first kappa shape index (κ1) is 80.0. The molecular formula is C86H96N8O14. The van der Waals surface area contributed by atoms with Gasteiger partial charge < -0.3 is 72.3 Å². The van der Waals surface area contributed by atoms with Gasteiger partial charge in [-0.3, -0.25) is 38.4 Å². The molecule has 4 fully saturated rings. The Morgan fingerprint density at radius 3 is 1.20 bits per heavy atom. The Bertz CT molecular complexity index is 4390. The number of nitrogens with one attached hydrogen (secondary N) is 5. The average molecular weight is 1470 g/mol. The van der Waals surface area contributed by atoms with Gasteiger partial charge in [-0.2, -0.15) is 0 Å². The lowest BCUT2D eigenvalue weighted by atomic mass is 9.79. The Balaban J connectivity index is 1.28. The number of esters is 4. The third kappa shape index (κ3) is 19.9. The molecule has 5 aliphatic carbocycles. The van der Waals surface area contributed by atoms with E-state index in [4.69, 9.17) is 45.6 Å². The van der Waals surface area contributed by atoms with E-state index in [-0.39, 0.29) is 137 Å². The number of amides is 4. The average Bonchev–Trinajstić information content (AvgIpc) is 1.68. The second-order valence-corrected chi connectivity index (χ2v) is 28.9. The second-order valence-electron chi connectivity index (χ2n) is 28.9. The fraction of sp³-hybridized carbons (Fsp3) is 0.314. The molecule has 22 heteroatoms. The second kappa shape index (κ2) is 35.3. The Hall–Kier alpha value is -12.1. The summed E-state index contributed by atoms with van der Waals surface area (Å²) in [5.41, 5.74) is 27.0. The molecule has 4 aromatic rings. The van der Waals surface area contributed by atoms with Crippen LogP contribution in [0.3, 0.4) is 0 Å². The predicted molar refractivity (Wildman–Crippen MR) is 421 cm³/mol. The summed E-state index contributed by atoms with van der Waals surface area (Å²) in [6, 6.07) is 21.3. The highest BCUT2D eigenvalue weighted by atomic mass is 16.5. The highest BCUT2D eigenvalue weighted by molar-refractivity contribution is 6.32. The van der Waals surface area contributed by atoms with Gasteiger partial charge in [0.1, 0.15) is 37.9 Å². The summed E-state index contributed by atoms with van der Waals surface area (Å²) in [5.74, 6) is -9.57. The van der Waals surface area contributed by atoms with Crippen LogP contribution in [-0.4, -0.2) is 93.9 Å². The van der Waals surface area contributed by atoms with Gasteiger partial charge in [0, 0.05) is 39.4 Å². The number of allylic oxidation sites excluding steroid dienone is 15. The molecule has 0 heterocycles. The van der Waals surface area contributed by atoms with E-state index in [1.54, 1.807) is 109 Å². The Morgan fingerprint density at radius 2 is 0.824 bits per heavy atom. The van der Waals surface area contributed by atoms with Crippen molar-refractivity contribution in [2.75, 3.05) is 61.9 Å². The standard InChI is InChI=1S/C86H96N8O14/c1-13-38-105-81(99)58-45-54(58)77(95)91-66-32-21-33-67(92-78(96)55-46-59(55)82(100)106-39-14-2)75(66)73-62(87)28-17-24-49(51-42-52(85(5,6)7)44-53(43-51)86(8,9)10)25-18-29-63(88)74(65(90)31-20-27-50(26-19-30-64(73)89)72-70(103-11)36-23-37-71(72)104-12)76-68(93-79(97)56-47-60(56)83(101)107-40-15-3)34-22-35-69(76)94-80(98)57-48-61(57)84(102)108-41-16-4/h13-26,28-37,42-44,54-61,87H,1-4,27,38-41,45-48,88-90H2,5-12H3,(H,91,95)(H,92,96)(H,93,97)(H,94,98)/b25-18+,28-17-,30-19-,31-20-,49-24-,50-26-,63-29-,73-64+,74-65+,87-62?. The summed E-state index contributed by atoms with van der Waals surface area (Å²) in [7, 11) is 3.02. The number of carbonyl (C=O) groups is 8. The third-order valence-corrected chi connectivity index (χ3v) is 18.9. The maximum atomic E-state index is 14.4. The topological polar surface area (TPSA) is 342 Å². The van der Waals surface area contributed by atoms with Crippen molar-refractivity contribution in [1.82, 2.24) is 0 Å². The summed E-state index contributed by atoms with van der Waals surface area (Å²) in [6.07, 6.45) is 25.1. The molecule has 4 amide bonds. The van der Waals surface area contributed by atoms with Crippen molar-refractivity contribution >= 4 is 98.3 Å². The van der Waals surface area contributed by atoms with Crippen LogP contribution in [0.15, 0.2) is 207 Å². The van der Waals surface area contributed by atoms with E-state index >= 15 is 0 Å². The summed E-state index contributed by atoms with van der Waals surface area (Å²) in [6.45, 7) is 27.1. The van der Waals surface area contributed by atoms with Crippen LogP contribution in [0.2, 0.25) is 0 Å². The van der Waals surface area contributed by atoms with E-state index in [1.807, 2.05) is 6.08 Å². The monoisotopic (exact) mass is 1460 g/mol. The molecule has 8 unspecified atom stereocenters. The highest BCUT2D eigenvalue weighted by Crippen LogP contribution is 2.47. The first-order chi connectivity index (χ1) is 51.6. The van der Waals surface area contributed by atoms with Crippen molar-refractivity contribution in [2.24, 2.45) is 64.5 Å². The minimum atomic E-state index is -0.786. The molecule has 0 radical (unpaired) electrons. The van der Waals surface area contributed by atoms with Gasteiger partial charge >= 0.3 is 23.9 Å². The number of hydrogen-bond donors (Lipinski definition) is 8. The fourth-order valence-corrected chi connectivity index (χ4v) is 12.6. The number of anilines is 4. The van der Waals surface area contributed by atoms with Gasteiger partial charge in [-0.15, -0.1) is 0 Å². The SMILES string of the molecule is C=CCOC(=O)C1CC1C(=O)Nc1cccc(NC(=O)C2CC2C(=O)OCC=C)c1\C1=C(N)/C=C\C=C(/c2c(OC)cccc2OC)C\C=C/C(N)=C(c2c(NC(=O)C3CC3C(=O)OCC=C)cccc2NC(=O)C2CC2C(=O)OCC=C)/C(N)=C/C=C/C(c2cc(C(C)(C)C)cc(C(C)(C)C)c2)=C/C=C\C1=N. The van der Waals surface area contributed by atoms with Crippen molar-refractivity contribution in [3.63, 3.8) is 0 Å². The Kier molecular flexibility index (Phi) is 26.2. The number of methoxy groups -OCH3 is 2. The van der Waals surface area contributed by atoms with Gasteiger partial charge in [-0.25, -0.2) is 0 Å². The van der Waals surface area contributed by atoms with Crippen molar-refractivity contribution in [3.05, 3.63) is 241 Å². The van der Waals surface area contributed by atoms with Crippen molar-refractivity contribution in [1.29, 1.82) is 5.41 Å². The molecule has 564 valence electrons. The van der Waals surface area contributed by atoms with Crippen molar-refractivity contribution < 1.29 is 66.8 Å². The van der Waals surface area contributed by atoms with E-state index in [0.717, 1.165) is 16.7 Å². The lowest BCUT2D eigenvalue weighted by Crippen LogP contribution is -2.22. The van der Waals surface area contributed by atoms with Crippen LogP contribution < -0.4 is 47.9 Å². The first-order valence-corrected chi connectivity index (χ1v) is 35.7. The smallest absolute Gasteiger partial charge is 0.310 e. The van der Waals surface area contributed by atoms with Crippen molar-refractivity contribution in [2.45, 2.75) is 84.5 Å². The molecule has 22 nitrogen and oxygen atoms in total. The number of ether oxygens (including phenoxy) is 6. The van der Waals surface area contributed by atoms with E-state index in [1.165, 1.54) is 44.6 Å².